The van der Waals surface area contributed by atoms with Gasteiger partial charge in [0.05, 0.1) is 5.69 Å². The molecule has 0 fully saturated rings. The van der Waals surface area contributed by atoms with Gasteiger partial charge in [-0.15, -0.1) is 0 Å². The highest BCUT2D eigenvalue weighted by molar-refractivity contribution is 5.76. The van der Waals surface area contributed by atoms with Gasteiger partial charge < -0.3 is 10.6 Å². The summed E-state index contributed by atoms with van der Waals surface area (Å²) >= 11 is 0. The van der Waals surface area contributed by atoms with Gasteiger partial charge in [-0.1, -0.05) is 6.92 Å². The first-order valence-electron chi connectivity index (χ1n) is 6.01. The van der Waals surface area contributed by atoms with Crippen LogP contribution >= 0.6 is 0 Å². The number of carbonyl (C=O) groups is 1. The molecule has 1 amide bonds. The second kappa shape index (κ2) is 6.93. The third-order valence-corrected chi connectivity index (χ3v) is 2.62. The van der Waals surface area contributed by atoms with E-state index in [0.717, 1.165) is 12.5 Å². The van der Waals surface area contributed by atoms with Gasteiger partial charge in [0.2, 0.25) is 5.91 Å². The summed E-state index contributed by atoms with van der Waals surface area (Å²) in [7, 11) is 0. The Morgan fingerprint density at radius 1 is 1.39 bits per heavy atom. The van der Waals surface area contributed by atoms with E-state index in [0.29, 0.717) is 6.54 Å². The van der Waals surface area contributed by atoms with E-state index in [9.17, 15) is 13.6 Å². The zero-order valence-corrected chi connectivity index (χ0v) is 10.6. The zero-order chi connectivity index (χ0) is 13.5. The van der Waals surface area contributed by atoms with Crippen LogP contribution in [0.25, 0.3) is 0 Å². The lowest BCUT2D eigenvalue weighted by Crippen LogP contribution is -2.33. The van der Waals surface area contributed by atoms with E-state index in [2.05, 4.69) is 10.6 Å². The molecule has 0 aliphatic rings. The first kappa shape index (κ1) is 14.4. The first-order chi connectivity index (χ1) is 8.52. The van der Waals surface area contributed by atoms with E-state index in [4.69, 9.17) is 0 Å². The second-order valence-corrected chi connectivity index (χ2v) is 4.18. The van der Waals surface area contributed by atoms with Crippen LogP contribution in [0.15, 0.2) is 18.2 Å². The minimum atomic E-state index is -0.655. The molecular weight excluding hydrogens is 238 g/mol. The number of hydrogen-bond acceptors (Lipinski definition) is 2. The molecule has 0 heterocycles. The summed E-state index contributed by atoms with van der Waals surface area (Å²) in [5.74, 6) is -1.36. The maximum Gasteiger partial charge on any atom is 0.221 e. The van der Waals surface area contributed by atoms with Crippen LogP contribution in [0.5, 0.6) is 0 Å². The predicted molar refractivity (Wildman–Crippen MR) is 67.4 cm³/mol. The molecule has 0 aromatic heterocycles. The van der Waals surface area contributed by atoms with Crippen molar-refractivity contribution in [2.45, 2.75) is 32.7 Å². The van der Waals surface area contributed by atoms with Gasteiger partial charge in [0.25, 0.3) is 0 Å². The van der Waals surface area contributed by atoms with Crippen molar-refractivity contribution in [2.75, 3.05) is 11.9 Å². The lowest BCUT2D eigenvalue weighted by molar-refractivity contribution is -0.121. The van der Waals surface area contributed by atoms with Crippen LogP contribution in [0.1, 0.15) is 26.7 Å². The van der Waals surface area contributed by atoms with Crippen molar-refractivity contribution in [1.29, 1.82) is 0 Å². The van der Waals surface area contributed by atoms with E-state index < -0.39 is 11.6 Å². The van der Waals surface area contributed by atoms with Crippen molar-refractivity contribution in [1.82, 2.24) is 5.32 Å². The van der Waals surface area contributed by atoms with E-state index in [1.807, 2.05) is 13.8 Å². The van der Waals surface area contributed by atoms with Crippen molar-refractivity contribution in [2.24, 2.45) is 0 Å². The molecule has 1 aromatic rings. The third-order valence-electron chi connectivity index (χ3n) is 2.62. The van der Waals surface area contributed by atoms with Crippen molar-refractivity contribution in [3.05, 3.63) is 29.8 Å². The second-order valence-electron chi connectivity index (χ2n) is 4.18. The van der Waals surface area contributed by atoms with Crippen LogP contribution < -0.4 is 10.6 Å². The van der Waals surface area contributed by atoms with Crippen LogP contribution in [0.2, 0.25) is 0 Å². The molecule has 0 radical (unpaired) electrons. The first-order valence-corrected chi connectivity index (χ1v) is 6.01. The summed E-state index contributed by atoms with van der Waals surface area (Å²) in [6, 6.07) is 3.43. The fraction of sp³-hybridized carbons (Fsp3) is 0.462. The summed E-state index contributed by atoms with van der Waals surface area (Å²) in [4.78, 5) is 11.4. The normalized spacial score (nSPS) is 12.0. The van der Waals surface area contributed by atoms with Gasteiger partial charge in [0, 0.05) is 25.1 Å². The summed E-state index contributed by atoms with van der Waals surface area (Å²) in [5.41, 5.74) is 0.202. The Bertz CT molecular complexity index is 410. The van der Waals surface area contributed by atoms with Gasteiger partial charge >= 0.3 is 0 Å². The van der Waals surface area contributed by atoms with Gasteiger partial charge in [-0.05, 0) is 25.5 Å². The smallest absolute Gasteiger partial charge is 0.221 e. The van der Waals surface area contributed by atoms with Crippen LogP contribution in [-0.4, -0.2) is 18.5 Å². The molecule has 1 unspecified atom stereocenters. The summed E-state index contributed by atoms with van der Waals surface area (Å²) in [6.07, 6.45) is 1.12. The molecule has 3 nitrogen and oxygen atoms in total. The fourth-order valence-corrected chi connectivity index (χ4v) is 1.39. The Morgan fingerprint density at radius 2 is 2.11 bits per heavy atom. The van der Waals surface area contributed by atoms with Crippen molar-refractivity contribution >= 4 is 11.6 Å². The van der Waals surface area contributed by atoms with Gasteiger partial charge in [-0.25, -0.2) is 8.78 Å². The fourth-order valence-electron chi connectivity index (χ4n) is 1.39. The average molecular weight is 256 g/mol. The summed E-state index contributed by atoms with van der Waals surface area (Å²) in [6.45, 7) is 4.22. The Hall–Kier alpha value is -1.65. The minimum Gasteiger partial charge on any atom is -0.382 e. The molecule has 1 atom stereocenters. The maximum absolute atomic E-state index is 13.2. The van der Waals surface area contributed by atoms with Crippen molar-refractivity contribution in [3.63, 3.8) is 0 Å². The molecule has 5 heteroatoms. The highest BCUT2D eigenvalue weighted by Crippen LogP contribution is 2.14. The Balaban J connectivity index is 2.35. The van der Waals surface area contributed by atoms with Crippen LogP contribution in [-0.2, 0) is 4.79 Å². The van der Waals surface area contributed by atoms with Gasteiger partial charge in [-0.3, -0.25) is 4.79 Å². The predicted octanol–water partition coefficient (Wildman–Crippen LogP) is 2.68. The summed E-state index contributed by atoms with van der Waals surface area (Å²) < 4.78 is 25.9. The van der Waals surface area contributed by atoms with E-state index in [1.165, 1.54) is 12.1 Å². The highest BCUT2D eigenvalue weighted by Gasteiger charge is 2.06. The van der Waals surface area contributed by atoms with Crippen molar-refractivity contribution in [3.8, 4) is 0 Å². The van der Waals surface area contributed by atoms with Crippen LogP contribution in [0, 0.1) is 11.6 Å². The molecular formula is C13H18F2N2O. The number of rotatable bonds is 6. The molecule has 18 heavy (non-hydrogen) atoms. The molecule has 0 saturated heterocycles. The largest absolute Gasteiger partial charge is 0.382 e. The van der Waals surface area contributed by atoms with Crippen molar-refractivity contribution < 1.29 is 13.6 Å². The Labute approximate surface area is 106 Å². The molecule has 1 rings (SSSR count). The third kappa shape index (κ3) is 4.69. The minimum absolute atomic E-state index is 0.0839. The Kier molecular flexibility index (Phi) is 5.55. The molecule has 100 valence electrons. The number of benzene rings is 1. The van der Waals surface area contributed by atoms with Gasteiger partial charge in [0.1, 0.15) is 11.6 Å². The number of anilines is 1. The topological polar surface area (TPSA) is 41.1 Å². The lowest BCUT2D eigenvalue weighted by Gasteiger charge is -2.12. The highest BCUT2D eigenvalue weighted by atomic mass is 19.1. The SMILES string of the molecule is CCC(C)NC(=O)CCNc1ccc(F)cc1F. The Morgan fingerprint density at radius 3 is 2.72 bits per heavy atom. The molecule has 0 bridgehead atoms. The number of halogens is 2. The number of nitrogens with one attached hydrogen (secondary N) is 2. The van der Waals surface area contributed by atoms with E-state index in [1.54, 1.807) is 0 Å². The summed E-state index contributed by atoms with van der Waals surface area (Å²) in [5, 5.41) is 5.57. The van der Waals surface area contributed by atoms with Crippen LogP contribution in [0.4, 0.5) is 14.5 Å². The average Bonchev–Trinajstić information content (AvgIpc) is 2.31. The molecule has 0 aliphatic carbocycles. The van der Waals surface area contributed by atoms with Crippen LogP contribution in [0.3, 0.4) is 0 Å². The standard InChI is InChI=1S/C13H18F2N2O/c1-3-9(2)17-13(18)6-7-16-12-5-4-10(14)8-11(12)15/h4-5,8-9,16H,3,6-7H2,1-2H3,(H,17,18). The molecule has 0 spiro atoms. The molecule has 0 aliphatic heterocycles. The van der Waals surface area contributed by atoms with E-state index >= 15 is 0 Å². The molecule has 1 aromatic carbocycles. The maximum atomic E-state index is 13.2. The number of carbonyl (C=O) groups excluding carboxylic acids is 1. The molecule has 2 N–H and O–H groups in total. The van der Waals surface area contributed by atoms with Gasteiger partial charge in [-0.2, -0.15) is 0 Å². The quantitative estimate of drug-likeness (QED) is 0.821. The zero-order valence-electron chi connectivity index (χ0n) is 10.6. The van der Waals surface area contributed by atoms with E-state index in [-0.39, 0.29) is 24.1 Å². The number of hydrogen-bond donors (Lipinski definition) is 2. The number of amides is 1. The molecule has 0 saturated carbocycles. The lowest BCUT2D eigenvalue weighted by atomic mass is 10.2. The van der Waals surface area contributed by atoms with Gasteiger partial charge in [0.15, 0.2) is 0 Å². The monoisotopic (exact) mass is 256 g/mol.